The summed E-state index contributed by atoms with van der Waals surface area (Å²) in [6.45, 7) is 5.04. The van der Waals surface area contributed by atoms with Crippen molar-refractivity contribution in [2.45, 2.75) is 56.6 Å². The molecule has 0 saturated carbocycles. The zero-order valence-electron chi connectivity index (χ0n) is 24.6. The summed E-state index contributed by atoms with van der Waals surface area (Å²) >= 11 is 0. The Kier molecular flexibility index (Phi) is 11.2. The van der Waals surface area contributed by atoms with Crippen molar-refractivity contribution in [3.63, 3.8) is 0 Å². The number of sulfonamides is 1. The molecule has 0 spiro atoms. The van der Waals surface area contributed by atoms with E-state index in [9.17, 15) is 36.3 Å². The average molecular weight is 643 g/mol. The minimum Gasteiger partial charge on any atom is -0.481 e. The SMILES string of the molecule is Cc1ccc(S(=O)(=O)N[C@@H](Cc2ccc3ccccc3n2)C(=O)N[C@H](C(=O)N[C@H](C#CS(C)(=O)=O)CC(=O)O)C(C)C)cc1. The summed E-state index contributed by atoms with van der Waals surface area (Å²) in [7, 11) is -7.98. The summed E-state index contributed by atoms with van der Waals surface area (Å²) < 4.78 is 52.0. The number of pyridine rings is 1. The molecule has 0 saturated heterocycles. The number of fused-ring (bicyclic) bond motifs is 1. The standard InChI is InChI=1S/C30H34N4O8S2/c1-19(2)28(30(38)32-23(18-27(35)36)15-16-43(4,39)40)33-29(37)26(34-44(41,42)24-13-9-20(3)10-14-24)17-22-12-11-21-7-5-6-8-25(21)31-22/h5-14,19,23,26,28,34H,17-18H2,1-4H3,(H,32,38)(H,33,37)(H,35,36)/t23-,26+,28+/m1/s1. The second-order valence-corrected chi connectivity index (χ2v) is 14.1. The second kappa shape index (κ2) is 14.4. The lowest BCUT2D eigenvalue weighted by Gasteiger charge is -2.26. The molecule has 44 heavy (non-hydrogen) atoms. The van der Waals surface area contributed by atoms with E-state index >= 15 is 0 Å². The zero-order chi connectivity index (χ0) is 32.7. The maximum Gasteiger partial charge on any atom is 0.306 e. The third-order valence-corrected chi connectivity index (χ3v) is 8.35. The van der Waals surface area contributed by atoms with Gasteiger partial charge in [-0.25, -0.2) is 16.8 Å². The molecule has 3 rings (SSSR count). The van der Waals surface area contributed by atoms with Crippen LogP contribution in [0.2, 0.25) is 0 Å². The largest absolute Gasteiger partial charge is 0.481 e. The number of para-hydroxylation sites is 1. The van der Waals surface area contributed by atoms with E-state index in [1.54, 1.807) is 57.2 Å². The fourth-order valence-corrected chi connectivity index (χ4v) is 5.68. The lowest BCUT2D eigenvalue weighted by Crippen LogP contribution is -2.57. The predicted molar refractivity (Wildman–Crippen MR) is 164 cm³/mol. The molecule has 1 aromatic heterocycles. The number of aromatic nitrogens is 1. The number of hydrogen-bond donors (Lipinski definition) is 4. The Morgan fingerprint density at radius 3 is 2.18 bits per heavy atom. The number of sulfone groups is 1. The lowest BCUT2D eigenvalue weighted by atomic mass is 10.0. The molecule has 12 nitrogen and oxygen atoms in total. The van der Waals surface area contributed by atoms with E-state index in [0.717, 1.165) is 17.2 Å². The van der Waals surface area contributed by atoms with Crippen LogP contribution < -0.4 is 15.4 Å². The van der Waals surface area contributed by atoms with Gasteiger partial charge in [0.15, 0.2) is 0 Å². The highest BCUT2D eigenvalue weighted by Crippen LogP contribution is 2.16. The first-order chi connectivity index (χ1) is 20.5. The number of benzene rings is 2. The van der Waals surface area contributed by atoms with Crippen molar-refractivity contribution in [1.29, 1.82) is 0 Å². The van der Waals surface area contributed by atoms with Gasteiger partial charge in [0.25, 0.3) is 0 Å². The van der Waals surface area contributed by atoms with Gasteiger partial charge in [-0.15, -0.1) is 0 Å². The van der Waals surface area contributed by atoms with E-state index in [-0.39, 0.29) is 11.3 Å². The molecule has 2 aromatic carbocycles. The van der Waals surface area contributed by atoms with Crippen molar-refractivity contribution in [2.24, 2.45) is 5.92 Å². The third-order valence-electron chi connectivity index (χ3n) is 6.38. The fourth-order valence-electron chi connectivity index (χ4n) is 4.13. The van der Waals surface area contributed by atoms with Crippen LogP contribution in [-0.4, -0.2) is 69.1 Å². The Balaban J connectivity index is 1.92. The predicted octanol–water partition coefficient (Wildman–Crippen LogP) is 1.54. The fraction of sp³-hybridized carbons (Fsp3) is 0.333. The molecule has 234 valence electrons. The van der Waals surface area contributed by atoms with Gasteiger partial charge in [0.2, 0.25) is 31.7 Å². The molecule has 0 unspecified atom stereocenters. The number of nitrogens with zero attached hydrogens (tertiary/aromatic N) is 1. The lowest BCUT2D eigenvalue weighted by molar-refractivity contribution is -0.137. The van der Waals surface area contributed by atoms with Gasteiger partial charge in [0.1, 0.15) is 18.1 Å². The minimum absolute atomic E-state index is 0.0634. The van der Waals surface area contributed by atoms with Crippen LogP contribution >= 0.6 is 0 Å². The van der Waals surface area contributed by atoms with Crippen LogP contribution in [0.4, 0.5) is 0 Å². The highest BCUT2D eigenvalue weighted by molar-refractivity contribution is 7.95. The number of amides is 2. The molecule has 3 aromatic rings. The zero-order valence-corrected chi connectivity index (χ0v) is 26.2. The van der Waals surface area contributed by atoms with E-state index in [1.807, 2.05) is 17.4 Å². The Labute approximate surface area is 256 Å². The van der Waals surface area contributed by atoms with Crippen LogP contribution in [0, 0.1) is 24.0 Å². The van der Waals surface area contributed by atoms with E-state index in [0.29, 0.717) is 11.2 Å². The number of carboxylic acid groups (broad SMARTS) is 1. The van der Waals surface area contributed by atoms with Gasteiger partial charge in [-0.05, 0) is 37.1 Å². The smallest absolute Gasteiger partial charge is 0.306 e. The molecule has 14 heteroatoms. The third kappa shape index (κ3) is 10.1. The first-order valence-electron chi connectivity index (χ1n) is 13.5. The van der Waals surface area contributed by atoms with Crippen molar-refractivity contribution < 1.29 is 36.3 Å². The molecule has 0 fully saturated rings. The quantitative estimate of drug-likeness (QED) is 0.168. The molecule has 0 radical (unpaired) electrons. The summed E-state index contributed by atoms with van der Waals surface area (Å²) in [6, 6.07) is 12.8. The Morgan fingerprint density at radius 2 is 1.57 bits per heavy atom. The van der Waals surface area contributed by atoms with Crippen LogP contribution in [-0.2, 0) is 40.7 Å². The van der Waals surface area contributed by atoms with Crippen LogP contribution in [0.5, 0.6) is 0 Å². The van der Waals surface area contributed by atoms with Gasteiger partial charge in [-0.2, -0.15) is 4.72 Å². The highest BCUT2D eigenvalue weighted by Gasteiger charge is 2.32. The molecule has 2 amide bonds. The topological polar surface area (TPSA) is 189 Å². The Morgan fingerprint density at radius 1 is 0.909 bits per heavy atom. The van der Waals surface area contributed by atoms with E-state index in [4.69, 9.17) is 0 Å². The van der Waals surface area contributed by atoms with Gasteiger partial charge in [0, 0.05) is 22.8 Å². The van der Waals surface area contributed by atoms with Crippen molar-refractivity contribution in [1.82, 2.24) is 20.3 Å². The first kappa shape index (κ1) is 34.2. The summed E-state index contributed by atoms with van der Waals surface area (Å²) in [5.41, 5.74) is 1.90. The van der Waals surface area contributed by atoms with E-state index in [2.05, 4.69) is 26.3 Å². The van der Waals surface area contributed by atoms with Crippen molar-refractivity contribution in [3.8, 4) is 11.2 Å². The molecule has 1 heterocycles. The number of carbonyl (C=O) groups is 3. The molecular formula is C30H34N4O8S2. The van der Waals surface area contributed by atoms with Gasteiger partial charge in [-0.3, -0.25) is 19.4 Å². The second-order valence-electron chi connectivity index (χ2n) is 10.6. The summed E-state index contributed by atoms with van der Waals surface area (Å²) in [5.74, 6) is -1.31. The number of carbonyl (C=O) groups excluding carboxylic acids is 2. The molecule has 0 aliphatic heterocycles. The normalized spacial score (nSPS) is 13.8. The highest BCUT2D eigenvalue weighted by atomic mass is 32.2. The monoisotopic (exact) mass is 642 g/mol. The van der Waals surface area contributed by atoms with Gasteiger partial charge in [0.05, 0.1) is 23.1 Å². The Hall–Kier alpha value is -4.32. The average Bonchev–Trinajstić information content (AvgIpc) is 2.93. The molecule has 0 aliphatic rings. The molecule has 0 aliphatic carbocycles. The maximum absolute atomic E-state index is 13.7. The van der Waals surface area contributed by atoms with Crippen molar-refractivity contribution >= 4 is 48.5 Å². The van der Waals surface area contributed by atoms with Crippen molar-refractivity contribution in [2.75, 3.05) is 6.26 Å². The minimum atomic E-state index is -4.19. The summed E-state index contributed by atoms with van der Waals surface area (Å²) in [5, 5.41) is 16.9. The van der Waals surface area contributed by atoms with Crippen molar-refractivity contribution in [3.05, 3.63) is 71.9 Å². The van der Waals surface area contributed by atoms with E-state index in [1.165, 1.54) is 12.1 Å². The van der Waals surface area contributed by atoms with Crippen LogP contribution in [0.1, 0.15) is 31.5 Å². The number of carboxylic acids is 1. The van der Waals surface area contributed by atoms with E-state index < -0.39 is 68.1 Å². The number of aryl methyl sites for hydroxylation is 1. The Bertz CT molecular complexity index is 1810. The van der Waals surface area contributed by atoms with Gasteiger partial charge >= 0.3 is 5.97 Å². The van der Waals surface area contributed by atoms with Gasteiger partial charge < -0.3 is 15.7 Å². The molecule has 4 N–H and O–H groups in total. The van der Waals surface area contributed by atoms with Gasteiger partial charge in [-0.1, -0.05) is 61.7 Å². The molecule has 3 atom stereocenters. The molecular weight excluding hydrogens is 608 g/mol. The number of nitrogens with one attached hydrogen (secondary N) is 3. The summed E-state index contributed by atoms with van der Waals surface area (Å²) in [4.78, 5) is 42.7. The number of rotatable bonds is 12. The first-order valence-corrected chi connectivity index (χ1v) is 16.9. The van der Waals surface area contributed by atoms with Crippen LogP contribution in [0.25, 0.3) is 10.9 Å². The summed E-state index contributed by atoms with van der Waals surface area (Å²) in [6.07, 6.45) is -0.0196. The van der Waals surface area contributed by atoms with Crippen LogP contribution in [0.15, 0.2) is 65.6 Å². The van der Waals surface area contributed by atoms with Crippen LogP contribution in [0.3, 0.4) is 0 Å². The number of hydrogen-bond acceptors (Lipinski definition) is 8. The maximum atomic E-state index is 13.7. The number of aliphatic carboxylic acids is 1. The molecule has 0 bridgehead atoms.